The van der Waals surface area contributed by atoms with Crippen LogP contribution >= 0.6 is 0 Å². The number of rotatable bonds is 5. The summed E-state index contributed by atoms with van der Waals surface area (Å²) >= 11 is 0. The van der Waals surface area contributed by atoms with Gasteiger partial charge in [-0.05, 0) is 42.5 Å². The molecule has 6 nitrogen and oxygen atoms in total. The van der Waals surface area contributed by atoms with Crippen molar-refractivity contribution in [3.05, 3.63) is 59.9 Å². The van der Waals surface area contributed by atoms with Gasteiger partial charge in [0.25, 0.3) is 11.8 Å². The van der Waals surface area contributed by atoms with Crippen molar-refractivity contribution in [1.29, 1.82) is 0 Å². The number of methoxy groups -OCH3 is 1. The lowest BCUT2D eigenvalue weighted by atomic mass is 10.1. The highest BCUT2D eigenvalue weighted by Crippen LogP contribution is 2.21. The zero-order valence-electron chi connectivity index (χ0n) is 13.4. The van der Waals surface area contributed by atoms with E-state index >= 15 is 0 Å². The third kappa shape index (κ3) is 3.43. The molecule has 1 amide bonds. The maximum Gasteiger partial charge on any atom is 0.257 e. The van der Waals surface area contributed by atoms with Gasteiger partial charge in [0.15, 0.2) is 5.82 Å². The molecule has 1 aromatic heterocycles. The molecule has 0 aliphatic carbocycles. The Hall–Kier alpha value is -3.15. The number of nitrogens with zero attached hydrogens (tertiary/aromatic N) is 2. The number of amides is 1. The molecule has 0 aliphatic rings. The quantitative estimate of drug-likeness (QED) is 0.777. The molecule has 3 aromatic rings. The van der Waals surface area contributed by atoms with Crippen LogP contribution in [0.4, 0.5) is 5.69 Å². The molecule has 3 rings (SSSR count). The Morgan fingerprint density at radius 1 is 1.21 bits per heavy atom. The fourth-order valence-electron chi connectivity index (χ4n) is 2.18. The van der Waals surface area contributed by atoms with Gasteiger partial charge < -0.3 is 14.6 Å². The van der Waals surface area contributed by atoms with Crippen LogP contribution in [0.3, 0.4) is 0 Å². The van der Waals surface area contributed by atoms with Gasteiger partial charge in [-0.1, -0.05) is 18.1 Å². The maximum atomic E-state index is 12.3. The molecule has 0 unspecified atom stereocenters. The Balaban J connectivity index is 1.72. The second kappa shape index (κ2) is 6.95. The van der Waals surface area contributed by atoms with Gasteiger partial charge in [0.05, 0.1) is 7.11 Å². The minimum Gasteiger partial charge on any atom is -0.497 e. The predicted octanol–water partition coefficient (Wildman–Crippen LogP) is 3.56. The summed E-state index contributed by atoms with van der Waals surface area (Å²) in [6.45, 7) is 1.96. The van der Waals surface area contributed by atoms with Gasteiger partial charge in [-0.25, -0.2) is 0 Å². The lowest BCUT2D eigenvalue weighted by Gasteiger charge is -2.07. The molecule has 0 fully saturated rings. The molecule has 0 radical (unpaired) electrons. The van der Waals surface area contributed by atoms with Crippen molar-refractivity contribution < 1.29 is 14.1 Å². The highest BCUT2D eigenvalue weighted by Gasteiger charge is 2.10. The Morgan fingerprint density at radius 2 is 2.00 bits per heavy atom. The first-order chi connectivity index (χ1) is 11.7. The van der Waals surface area contributed by atoms with E-state index in [1.54, 1.807) is 43.5 Å². The third-order valence-corrected chi connectivity index (χ3v) is 3.51. The number of carbonyl (C=O) groups is 1. The molecular weight excluding hydrogens is 306 g/mol. The van der Waals surface area contributed by atoms with Gasteiger partial charge in [-0.2, -0.15) is 4.98 Å². The molecular formula is C18H17N3O3. The summed E-state index contributed by atoms with van der Waals surface area (Å²) in [6.07, 6.45) is 0.720. The molecule has 1 N–H and O–H groups in total. The fraction of sp³-hybridized carbons (Fsp3) is 0.167. The SMILES string of the molecule is CCc1noc(-c2ccc(NC(=O)c3cccc(OC)c3)cc2)n1. The van der Waals surface area contributed by atoms with Crippen molar-refractivity contribution in [2.24, 2.45) is 0 Å². The first kappa shape index (κ1) is 15.7. The van der Waals surface area contributed by atoms with E-state index in [4.69, 9.17) is 9.26 Å². The van der Waals surface area contributed by atoms with Crippen LogP contribution in [0.5, 0.6) is 5.75 Å². The molecule has 24 heavy (non-hydrogen) atoms. The summed E-state index contributed by atoms with van der Waals surface area (Å²) in [5.74, 6) is 1.58. The fourth-order valence-corrected chi connectivity index (χ4v) is 2.18. The molecule has 0 saturated carbocycles. The van der Waals surface area contributed by atoms with Gasteiger partial charge in [-0.3, -0.25) is 4.79 Å². The van der Waals surface area contributed by atoms with Crippen LogP contribution in [0, 0.1) is 0 Å². The molecule has 0 bridgehead atoms. The van der Waals surface area contributed by atoms with Crippen molar-refractivity contribution >= 4 is 11.6 Å². The van der Waals surface area contributed by atoms with Crippen molar-refractivity contribution in [1.82, 2.24) is 10.1 Å². The number of aryl methyl sites for hydroxylation is 1. The summed E-state index contributed by atoms with van der Waals surface area (Å²) in [4.78, 5) is 16.5. The van der Waals surface area contributed by atoms with Gasteiger partial charge in [0.1, 0.15) is 5.75 Å². The van der Waals surface area contributed by atoms with Crippen LogP contribution < -0.4 is 10.1 Å². The van der Waals surface area contributed by atoms with Crippen LogP contribution in [0.1, 0.15) is 23.1 Å². The van der Waals surface area contributed by atoms with Crippen molar-refractivity contribution in [3.63, 3.8) is 0 Å². The van der Waals surface area contributed by atoms with E-state index in [2.05, 4.69) is 15.5 Å². The van der Waals surface area contributed by atoms with E-state index in [1.165, 1.54) is 0 Å². The Morgan fingerprint density at radius 3 is 2.67 bits per heavy atom. The normalized spacial score (nSPS) is 10.4. The number of nitrogens with one attached hydrogen (secondary N) is 1. The second-order valence-electron chi connectivity index (χ2n) is 5.13. The molecule has 2 aromatic carbocycles. The molecule has 0 spiro atoms. The minimum absolute atomic E-state index is 0.201. The summed E-state index contributed by atoms with van der Waals surface area (Å²) in [5, 5.41) is 6.71. The lowest BCUT2D eigenvalue weighted by molar-refractivity contribution is 0.102. The smallest absolute Gasteiger partial charge is 0.257 e. The highest BCUT2D eigenvalue weighted by atomic mass is 16.5. The molecule has 6 heteroatoms. The summed E-state index contributed by atoms with van der Waals surface area (Å²) in [6, 6.07) is 14.2. The Bertz CT molecular complexity index is 841. The van der Waals surface area contributed by atoms with Crippen LogP contribution in [0.2, 0.25) is 0 Å². The van der Waals surface area contributed by atoms with Crippen molar-refractivity contribution in [3.8, 4) is 17.2 Å². The minimum atomic E-state index is -0.201. The van der Waals surface area contributed by atoms with Crippen LogP contribution in [0.15, 0.2) is 53.1 Å². The van der Waals surface area contributed by atoms with E-state index in [-0.39, 0.29) is 5.91 Å². The van der Waals surface area contributed by atoms with Gasteiger partial charge in [0, 0.05) is 23.2 Å². The van der Waals surface area contributed by atoms with Gasteiger partial charge in [-0.15, -0.1) is 0 Å². The monoisotopic (exact) mass is 323 g/mol. The Labute approximate surface area is 139 Å². The van der Waals surface area contributed by atoms with Gasteiger partial charge >= 0.3 is 0 Å². The van der Waals surface area contributed by atoms with Crippen LogP contribution in [0.25, 0.3) is 11.5 Å². The van der Waals surface area contributed by atoms with E-state index in [0.29, 0.717) is 28.7 Å². The number of anilines is 1. The zero-order chi connectivity index (χ0) is 16.9. The largest absolute Gasteiger partial charge is 0.497 e. The van der Waals surface area contributed by atoms with Crippen molar-refractivity contribution in [2.75, 3.05) is 12.4 Å². The number of benzene rings is 2. The van der Waals surface area contributed by atoms with Crippen LogP contribution in [-0.4, -0.2) is 23.2 Å². The summed E-state index contributed by atoms with van der Waals surface area (Å²) in [7, 11) is 1.57. The standard InChI is InChI=1S/C18H17N3O3/c1-3-16-20-18(24-21-16)12-7-9-14(10-8-12)19-17(22)13-5-4-6-15(11-13)23-2/h4-11H,3H2,1-2H3,(H,19,22). The van der Waals surface area contributed by atoms with Gasteiger partial charge in [0.2, 0.25) is 0 Å². The van der Waals surface area contributed by atoms with Crippen molar-refractivity contribution in [2.45, 2.75) is 13.3 Å². The van der Waals surface area contributed by atoms with Crippen LogP contribution in [-0.2, 0) is 6.42 Å². The molecule has 0 atom stereocenters. The average Bonchev–Trinajstić information content (AvgIpc) is 3.11. The average molecular weight is 323 g/mol. The van der Waals surface area contributed by atoms with E-state index < -0.39 is 0 Å². The van der Waals surface area contributed by atoms with E-state index in [1.807, 2.05) is 19.1 Å². The lowest BCUT2D eigenvalue weighted by Crippen LogP contribution is -2.11. The maximum absolute atomic E-state index is 12.3. The first-order valence-electron chi connectivity index (χ1n) is 7.58. The summed E-state index contributed by atoms with van der Waals surface area (Å²) < 4.78 is 10.3. The van der Waals surface area contributed by atoms with E-state index in [0.717, 1.165) is 12.0 Å². The number of hydrogen-bond donors (Lipinski definition) is 1. The molecule has 1 heterocycles. The number of aromatic nitrogens is 2. The molecule has 0 saturated heterocycles. The number of ether oxygens (including phenoxy) is 1. The third-order valence-electron chi connectivity index (χ3n) is 3.51. The molecule has 0 aliphatic heterocycles. The number of hydrogen-bond acceptors (Lipinski definition) is 5. The second-order valence-corrected chi connectivity index (χ2v) is 5.13. The first-order valence-corrected chi connectivity index (χ1v) is 7.58. The zero-order valence-corrected chi connectivity index (χ0v) is 13.4. The van der Waals surface area contributed by atoms with E-state index in [9.17, 15) is 4.79 Å². The predicted molar refractivity (Wildman–Crippen MR) is 90.1 cm³/mol. The highest BCUT2D eigenvalue weighted by molar-refractivity contribution is 6.04. The molecule has 122 valence electrons. The summed E-state index contributed by atoms with van der Waals surface area (Å²) in [5.41, 5.74) is 2.02. The topological polar surface area (TPSA) is 77.2 Å². The number of carbonyl (C=O) groups excluding carboxylic acids is 1. The Kier molecular flexibility index (Phi) is 4.56.